The van der Waals surface area contributed by atoms with Gasteiger partial charge in [0.05, 0.1) is 14.7 Å². The molecule has 7 heteroatoms. The van der Waals surface area contributed by atoms with Gasteiger partial charge in [-0.3, -0.25) is 10.1 Å². The quantitative estimate of drug-likeness (QED) is 0.654. The topological polar surface area (TPSA) is 51.2 Å². The summed E-state index contributed by atoms with van der Waals surface area (Å²) in [4.78, 5) is 16.4. The summed E-state index contributed by atoms with van der Waals surface area (Å²) in [5, 5.41) is 3.91. The van der Waals surface area contributed by atoms with Gasteiger partial charge in [0, 0.05) is 5.02 Å². The van der Waals surface area contributed by atoms with Crippen molar-refractivity contribution in [2.24, 2.45) is 0 Å². The number of ether oxygens (including phenoxy) is 1. The second kappa shape index (κ2) is 6.86. The van der Waals surface area contributed by atoms with E-state index < -0.39 is 0 Å². The minimum atomic E-state index is -0.261. The van der Waals surface area contributed by atoms with E-state index in [9.17, 15) is 4.79 Å². The molecule has 1 amide bonds. The first-order chi connectivity index (χ1) is 11.0. The summed E-state index contributed by atoms with van der Waals surface area (Å²) >= 11 is 10.6. The van der Waals surface area contributed by atoms with Crippen LogP contribution >= 0.6 is 38.9 Å². The normalized spacial score (nSPS) is 10.7. The molecule has 0 unspecified atom stereocenters. The van der Waals surface area contributed by atoms with Crippen LogP contribution in [0.4, 0.5) is 5.13 Å². The van der Waals surface area contributed by atoms with E-state index in [1.807, 2.05) is 25.1 Å². The number of fused-ring (bicyclic) bond motifs is 1. The SMILES string of the molecule is Cc1ccc2nc(NC(=O)COc3ccc(Cl)cc3Br)sc2c1. The monoisotopic (exact) mass is 410 g/mol. The molecule has 0 saturated carbocycles. The molecule has 0 aliphatic heterocycles. The summed E-state index contributed by atoms with van der Waals surface area (Å²) in [6.07, 6.45) is 0. The zero-order valence-electron chi connectivity index (χ0n) is 12.1. The number of nitrogens with one attached hydrogen (secondary N) is 1. The van der Waals surface area contributed by atoms with Crippen molar-refractivity contribution in [1.29, 1.82) is 0 Å². The molecule has 2 aromatic carbocycles. The van der Waals surface area contributed by atoms with E-state index >= 15 is 0 Å². The molecule has 0 spiro atoms. The van der Waals surface area contributed by atoms with Crippen molar-refractivity contribution in [2.75, 3.05) is 11.9 Å². The number of halogens is 2. The number of hydrogen-bond acceptors (Lipinski definition) is 4. The number of benzene rings is 2. The van der Waals surface area contributed by atoms with Crippen LogP contribution in [-0.4, -0.2) is 17.5 Å². The van der Waals surface area contributed by atoms with Gasteiger partial charge in [0.15, 0.2) is 11.7 Å². The van der Waals surface area contributed by atoms with Crippen LogP contribution in [0.2, 0.25) is 5.02 Å². The number of hydrogen-bond donors (Lipinski definition) is 1. The standard InChI is InChI=1S/C16H12BrClN2O2S/c1-9-2-4-12-14(6-9)23-16(19-12)20-15(21)8-22-13-5-3-10(18)7-11(13)17/h2-7H,8H2,1H3,(H,19,20,21). The molecule has 0 saturated heterocycles. The fourth-order valence-electron chi connectivity index (χ4n) is 1.98. The Kier molecular flexibility index (Phi) is 4.84. The Morgan fingerprint density at radius 3 is 2.96 bits per heavy atom. The molecule has 0 fully saturated rings. The van der Waals surface area contributed by atoms with E-state index in [0.717, 1.165) is 15.8 Å². The van der Waals surface area contributed by atoms with Gasteiger partial charge in [0.25, 0.3) is 5.91 Å². The molecule has 3 aromatic rings. The number of carbonyl (C=O) groups excluding carboxylic acids is 1. The highest BCUT2D eigenvalue weighted by Crippen LogP contribution is 2.28. The number of anilines is 1. The van der Waals surface area contributed by atoms with Crippen LogP contribution in [0.3, 0.4) is 0 Å². The van der Waals surface area contributed by atoms with E-state index in [1.54, 1.807) is 18.2 Å². The predicted molar refractivity (Wildman–Crippen MR) is 97.6 cm³/mol. The minimum absolute atomic E-state index is 0.102. The first-order valence-electron chi connectivity index (χ1n) is 6.76. The van der Waals surface area contributed by atoms with Crippen molar-refractivity contribution in [2.45, 2.75) is 6.92 Å². The average Bonchev–Trinajstić information content (AvgIpc) is 2.87. The van der Waals surface area contributed by atoms with Crippen LogP contribution in [0.25, 0.3) is 10.2 Å². The predicted octanol–water partition coefficient (Wildman–Crippen LogP) is 5.04. The second-order valence-electron chi connectivity index (χ2n) is 4.90. The summed E-state index contributed by atoms with van der Waals surface area (Å²) in [6.45, 7) is 1.92. The van der Waals surface area contributed by atoms with Gasteiger partial charge < -0.3 is 4.74 Å². The Morgan fingerprint density at radius 1 is 1.35 bits per heavy atom. The first-order valence-corrected chi connectivity index (χ1v) is 8.75. The summed E-state index contributed by atoms with van der Waals surface area (Å²) in [5.41, 5.74) is 2.03. The molecule has 1 N–H and O–H groups in total. The summed E-state index contributed by atoms with van der Waals surface area (Å²) in [6, 6.07) is 11.1. The van der Waals surface area contributed by atoms with Crippen molar-refractivity contribution >= 4 is 60.1 Å². The van der Waals surface area contributed by atoms with E-state index in [2.05, 4.69) is 26.2 Å². The lowest BCUT2D eigenvalue weighted by molar-refractivity contribution is -0.118. The average molecular weight is 412 g/mol. The third kappa shape index (κ3) is 4.02. The van der Waals surface area contributed by atoms with Gasteiger partial charge in [-0.2, -0.15) is 0 Å². The Labute approximate surface area is 150 Å². The van der Waals surface area contributed by atoms with Crippen molar-refractivity contribution in [1.82, 2.24) is 4.98 Å². The third-order valence-electron chi connectivity index (χ3n) is 3.04. The third-order valence-corrected chi connectivity index (χ3v) is 4.83. The van der Waals surface area contributed by atoms with Crippen LogP contribution in [0.15, 0.2) is 40.9 Å². The number of aromatic nitrogens is 1. The highest BCUT2D eigenvalue weighted by atomic mass is 79.9. The number of amides is 1. The Morgan fingerprint density at radius 2 is 2.17 bits per heavy atom. The van der Waals surface area contributed by atoms with Gasteiger partial charge in [0.2, 0.25) is 0 Å². The molecule has 0 radical (unpaired) electrons. The molecular formula is C16H12BrClN2O2S. The smallest absolute Gasteiger partial charge is 0.264 e. The fourth-order valence-corrected chi connectivity index (χ4v) is 3.75. The van der Waals surface area contributed by atoms with Gasteiger partial charge in [-0.15, -0.1) is 0 Å². The van der Waals surface area contributed by atoms with E-state index in [-0.39, 0.29) is 12.5 Å². The molecule has 0 aliphatic rings. The van der Waals surface area contributed by atoms with E-state index in [0.29, 0.717) is 20.4 Å². The number of rotatable bonds is 4. The highest BCUT2D eigenvalue weighted by Gasteiger charge is 2.10. The van der Waals surface area contributed by atoms with E-state index in [4.69, 9.17) is 16.3 Å². The zero-order valence-corrected chi connectivity index (χ0v) is 15.3. The van der Waals surface area contributed by atoms with Crippen LogP contribution in [0.1, 0.15) is 5.56 Å². The highest BCUT2D eigenvalue weighted by molar-refractivity contribution is 9.10. The lowest BCUT2D eigenvalue weighted by Crippen LogP contribution is -2.20. The maximum atomic E-state index is 12.0. The molecule has 1 heterocycles. The molecule has 4 nitrogen and oxygen atoms in total. The minimum Gasteiger partial charge on any atom is -0.483 e. The van der Waals surface area contributed by atoms with Crippen LogP contribution in [0, 0.1) is 6.92 Å². The second-order valence-corrected chi connectivity index (χ2v) is 7.22. The van der Waals surface area contributed by atoms with Crippen LogP contribution in [0.5, 0.6) is 5.75 Å². The molecule has 118 valence electrons. The Hall–Kier alpha value is -1.63. The van der Waals surface area contributed by atoms with Crippen molar-refractivity contribution in [3.63, 3.8) is 0 Å². The Balaban J connectivity index is 1.64. The van der Waals surface area contributed by atoms with Crippen molar-refractivity contribution < 1.29 is 9.53 Å². The van der Waals surface area contributed by atoms with Gasteiger partial charge in [-0.05, 0) is 58.7 Å². The molecule has 1 aromatic heterocycles. The van der Waals surface area contributed by atoms with Crippen LogP contribution < -0.4 is 10.1 Å². The summed E-state index contributed by atoms with van der Waals surface area (Å²) < 4.78 is 7.22. The summed E-state index contributed by atoms with van der Waals surface area (Å²) in [7, 11) is 0. The molecule has 3 rings (SSSR count). The van der Waals surface area contributed by atoms with Crippen molar-refractivity contribution in [3.05, 3.63) is 51.5 Å². The lowest BCUT2D eigenvalue weighted by Gasteiger charge is -2.07. The Bertz CT molecular complexity index is 882. The van der Waals surface area contributed by atoms with Gasteiger partial charge >= 0.3 is 0 Å². The largest absolute Gasteiger partial charge is 0.483 e. The molecule has 0 atom stereocenters. The fraction of sp³-hybridized carbons (Fsp3) is 0.125. The van der Waals surface area contributed by atoms with Crippen LogP contribution in [-0.2, 0) is 4.79 Å². The zero-order chi connectivity index (χ0) is 16.4. The molecule has 23 heavy (non-hydrogen) atoms. The first kappa shape index (κ1) is 16.2. The van der Waals surface area contributed by atoms with Gasteiger partial charge in [-0.1, -0.05) is 29.0 Å². The van der Waals surface area contributed by atoms with Gasteiger partial charge in [-0.25, -0.2) is 4.98 Å². The number of thiazole rings is 1. The molecular weight excluding hydrogens is 400 g/mol. The van der Waals surface area contributed by atoms with Crippen molar-refractivity contribution in [3.8, 4) is 5.75 Å². The maximum absolute atomic E-state index is 12.0. The summed E-state index contributed by atoms with van der Waals surface area (Å²) in [5.74, 6) is 0.298. The molecule has 0 bridgehead atoms. The lowest BCUT2D eigenvalue weighted by atomic mass is 10.2. The number of carbonyl (C=O) groups is 1. The maximum Gasteiger partial charge on any atom is 0.264 e. The van der Waals surface area contributed by atoms with E-state index in [1.165, 1.54) is 11.3 Å². The number of nitrogens with zero attached hydrogens (tertiary/aromatic N) is 1. The number of aryl methyl sites for hydroxylation is 1. The molecule has 0 aliphatic carbocycles. The van der Waals surface area contributed by atoms with Gasteiger partial charge in [0.1, 0.15) is 5.75 Å².